The molecule has 0 amide bonds. The van der Waals surface area contributed by atoms with Gasteiger partial charge < -0.3 is 18.6 Å². The molecular formula is C24H24O6. The summed E-state index contributed by atoms with van der Waals surface area (Å²) in [5.74, 6) is 1.89. The van der Waals surface area contributed by atoms with Gasteiger partial charge in [-0.15, -0.1) is 0 Å². The van der Waals surface area contributed by atoms with Gasteiger partial charge in [0.25, 0.3) is 0 Å². The number of ether oxygens (including phenoxy) is 3. The second-order valence-corrected chi connectivity index (χ2v) is 7.21. The van der Waals surface area contributed by atoms with Gasteiger partial charge in [0.15, 0.2) is 11.5 Å². The summed E-state index contributed by atoms with van der Waals surface area (Å²) in [6.45, 7) is 6.62. The van der Waals surface area contributed by atoms with Crippen molar-refractivity contribution in [2.75, 3.05) is 13.2 Å². The highest BCUT2D eigenvalue weighted by atomic mass is 16.5. The van der Waals surface area contributed by atoms with E-state index in [1.165, 1.54) is 0 Å². The first kappa shape index (κ1) is 20.0. The van der Waals surface area contributed by atoms with Crippen molar-refractivity contribution in [1.29, 1.82) is 0 Å². The Balaban J connectivity index is 1.86. The van der Waals surface area contributed by atoms with E-state index in [1.807, 2.05) is 25.1 Å². The SMILES string of the molecule is CCC(=O)Oc1cc2oc(C)c(-c3ccc4c(c3)OCCCO4)c(=O)c2cc1CC. The van der Waals surface area contributed by atoms with Crippen molar-refractivity contribution in [2.24, 2.45) is 0 Å². The first-order chi connectivity index (χ1) is 14.5. The van der Waals surface area contributed by atoms with Gasteiger partial charge in [-0.05, 0) is 42.7 Å². The number of carbonyl (C=O) groups is 1. The Labute approximate surface area is 174 Å². The molecule has 0 saturated carbocycles. The first-order valence-electron chi connectivity index (χ1n) is 10.2. The van der Waals surface area contributed by atoms with Crippen LogP contribution >= 0.6 is 0 Å². The van der Waals surface area contributed by atoms with Crippen LogP contribution in [-0.4, -0.2) is 19.2 Å². The first-order valence-corrected chi connectivity index (χ1v) is 10.2. The molecule has 4 rings (SSSR count). The minimum Gasteiger partial charge on any atom is -0.490 e. The van der Waals surface area contributed by atoms with E-state index < -0.39 is 0 Å². The van der Waals surface area contributed by atoms with Crippen molar-refractivity contribution < 1.29 is 23.4 Å². The number of fused-ring (bicyclic) bond motifs is 2. The molecule has 3 aromatic rings. The van der Waals surface area contributed by atoms with Gasteiger partial charge >= 0.3 is 5.97 Å². The fourth-order valence-electron chi connectivity index (χ4n) is 3.60. The lowest BCUT2D eigenvalue weighted by Crippen LogP contribution is -2.11. The molecule has 0 aliphatic carbocycles. The van der Waals surface area contributed by atoms with E-state index in [0.29, 0.717) is 64.7 Å². The van der Waals surface area contributed by atoms with Crippen LogP contribution in [0.4, 0.5) is 0 Å². The normalized spacial score (nSPS) is 13.2. The molecule has 0 N–H and O–H groups in total. The summed E-state index contributed by atoms with van der Waals surface area (Å²) in [7, 11) is 0. The van der Waals surface area contributed by atoms with Gasteiger partial charge in [0, 0.05) is 18.9 Å². The second-order valence-electron chi connectivity index (χ2n) is 7.21. The Hall–Kier alpha value is -3.28. The Morgan fingerprint density at radius 1 is 1.07 bits per heavy atom. The Morgan fingerprint density at radius 3 is 2.57 bits per heavy atom. The zero-order valence-electron chi connectivity index (χ0n) is 17.4. The highest BCUT2D eigenvalue weighted by Crippen LogP contribution is 2.35. The van der Waals surface area contributed by atoms with Crippen molar-refractivity contribution in [3.05, 3.63) is 51.9 Å². The summed E-state index contributed by atoms with van der Waals surface area (Å²) in [6, 6.07) is 8.88. The molecule has 0 atom stereocenters. The fraction of sp³-hybridized carbons (Fsp3) is 0.333. The molecule has 0 fully saturated rings. The van der Waals surface area contributed by atoms with E-state index in [2.05, 4.69) is 0 Å². The topological polar surface area (TPSA) is 75.0 Å². The molecule has 6 heteroatoms. The minimum atomic E-state index is -0.327. The highest BCUT2D eigenvalue weighted by molar-refractivity contribution is 5.86. The third kappa shape index (κ3) is 3.65. The number of rotatable bonds is 4. The summed E-state index contributed by atoms with van der Waals surface area (Å²) in [4.78, 5) is 25.2. The van der Waals surface area contributed by atoms with Crippen LogP contribution < -0.4 is 19.6 Å². The van der Waals surface area contributed by atoms with Crippen molar-refractivity contribution in [3.63, 3.8) is 0 Å². The van der Waals surface area contributed by atoms with Crippen molar-refractivity contribution in [3.8, 4) is 28.4 Å². The largest absolute Gasteiger partial charge is 0.490 e. The summed E-state index contributed by atoms with van der Waals surface area (Å²) in [5, 5.41) is 0.454. The van der Waals surface area contributed by atoms with Gasteiger partial charge in [0.1, 0.15) is 17.1 Å². The quantitative estimate of drug-likeness (QED) is 0.456. The van der Waals surface area contributed by atoms with E-state index >= 15 is 0 Å². The van der Waals surface area contributed by atoms with E-state index in [9.17, 15) is 9.59 Å². The third-order valence-electron chi connectivity index (χ3n) is 5.18. The monoisotopic (exact) mass is 408 g/mol. The zero-order chi connectivity index (χ0) is 21.3. The van der Waals surface area contributed by atoms with Crippen LogP contribution in [-0.2, 0) is 11.2 Å². The standard InChI is InChI=1S/C24H24O6/c1-4-15-11-17-20(13-19(15)30-22(25)5-2)29-14(3)23(24(17)26)16-7-8-18-21(12-16)28-10-6-9-27-18/h7-8,11-13H,4-6,9-10H2,1-3H3. The summed E-state index contributed by atoms with van der Waals surface area (Å²) < 4.78 is 22.9. The number of carbonyl (C=O) groups excluding carboxylic acids is 1. The van der Waals surface area contributed by atoms with E-state index in [4.69, 9.17) is 18.6 Å². The summed E-state index contributed by atoms with van der Waals surface area (Å²) >= 11 is 0. The molecule has 1 aliphatic heterocycles. The third-order valence-corrected chi connectivity index (χ3v) is 5.18. The average Bonchev–Trinajstić information content (AvgIpc) is 2.98. The highest BCUT2D eigenvalue weighted by Gasteiger charge is 2.19. The lowest BCUT2D eigenvalue weighted by atomic mass is 10.0. The van der Waals surface area contributed by atoms with Gasteiger partial charge in [-0.2, -0.15) is 0 Å². The van der Waals surface area contributed by atoms with E-state index in [-0.39, 0.29) is 17.8 Å². The Morgan fingerprint density at radius 2 is 1.83 bits per heavy atom. The van der Waals surface area contributed by atoms with Gasteiger partial charge in [-0.3, -0.25) is 9.59 Å². The van der Waals surface area contributed by atoms with Gasteiger partial charge in [-0.25, -0.2) is 0 Å². The van der Waals surface area contributed by atoms with Gasteiger partial charge in [-0.1, -0.05) is 19.9 Å². The van der Waals surface area contributed by atoms with Crippen LogP contribution in [0, 0.1) is 6.92 Å². The maximum atomic E-state index is 13.4. The lowest BCUT2D eigenvalue weighted by molar-refractivity contribution is -0.134. The zero-order valence-corrected chi connectivity index (χ0v) is 17.4. The molecule has 0 radical (unpaired) electrons. The second kappa shape index (κ2) is 8.22. The molecular weight excluding hydrogens is 384 g/mol. The van der Waals surface area contributed by atoms with Gasteiger partial charge in [0.2, 0.25) is 5.43 Å². The molecule has 0 unspecified atom stereocenters. The molecule has 2 heterocycles. The number of benzene rings is 2. The lowest BCUT2D eigenvalue weighted by Gasteiger charge is -2.13. The van der Waals surface area contributed by atoms with Gasteiger partial charge in [0.05, 0.1) is 24.2 Å². The van der Waals surface area contributed by atoms with Crippen LogP contribution in [0.2, 0.25) is 0 Å². The molecule has 0 saturated heterocycles. The van der Waals surface area contributed by atoms with Crippen molar-refractivity contribution >= 4 is 16.9 Å². The fourth-order valence-corrected chi connectivity index (χ4v) is 3.60. The Kier molecular flexibility index (Phi) is 5.48. The predicted molar refractivity (Wildman–Crippen MR) is 114 cm³/mol. The maximum absolute atomic E-state index is 13.4. The van der Waals surface area contributed by atoms with Crippen molar-refractivity contribution in [1.82, 2.24) is 0 Å². The van der Waals surface area contributed by atoms with Crippen LogP contribution in [0.5, 0.6) is 17.2 Å². The molecule has 0 bridgehead atoms. The molecule has 1 aromatic heterocycles. The molecule has 156 valence electrons. The number of aryl methyl sites for hydroxylation is 2. The Bertz CT molecular complexity index is 1170. The maximum Gasteiger partial charge on any atom is 0.310 e. The number of hydrogen-bond donors (Lipinski definition) is 0. The average molecular weight is 408 g/mol. The van der Waals surface area contributed by atoms with Crippen molar-refractivity contribution in [2.45, 2.75) is 40.0 Å². The van der Waals surface area contributed by atoms with E-state index in [0.717, 1.165) is 12.0 Å². The summed E-state index contributed by atoms with van der Waals surface area (Å²) in [5.41, 5.74) is 2.24. The summed E-state index contributed by atoms with van der Waals surface area (Å²) in [6.07, 6.45) is 1.70. The molecule has 30 heavy (non-hydrogen) atoms. The van der Waals surface area contributed by atoms with Crippen LogP contribution in [0.3, 0.4) is 0 Å². The molecule has 6 nitrogen and oxygen atoms in total. The number of hydrogen-bond acceptors (Lipinski definition) is 6. The molecule has 2 aromatic carbocycles. The minimum absolute atomic E-state index is 0.133. The number of esters is 1. The smallest absolute Gasteiger partial charge is 0.310 e. The van der Waals surface area contributed by atoms with E-state index in [1.54, 1.807) is 26.0 Å². The molecule has 1 aliphatic rings. The van der Waals surface area contributed by atoms with Crippen LogP contribution in [0.15, 0.2) is 39.5 Å². The predicted octanol–water partition coefficient (Wildman–Crippen LogP) is 4.81. The van der Waals surface area contributed by atoms with Crippen LogP contribution in [0.1, 0.15) is 38.0 Å². The molecule has 0 spiro atoms. The van der Waals surface area contributed by atoms with Crippen LogP contribution in [0.25, 0.3) is 22.1 Å².